The van der Waals surface area contributed by atoms with Crippen LogP contribution in [0.4, 0.5) is 10.1 Å². The molecule has 0 radical (unpaired) electrons. The van der Waals surface area contributed by atoms with Crippen LogP contribution in [-0.2, 0) is 10.5 Å². The fourth-order valence-electron chi connectivity index (χ4n) is 2.03. The molecule has 0 aliphatic rings. The van der Waals surface area contributed by atoms with Gasteiger partial charge in [0.05, 0.1) is 5.25 Å². The highest BCUT2D eigenvalue weighted by atomic mass is 35.5. The molecule has 0 aromatic heterocycles. The van der Waals surface area contributed by atoms with E-state index >= 15 is 0 Å². The van der Waals surface area contributed by atoms with Gasteiger partial charge in [-0.3, -0.25) is 4.79 Å². The number of benzene rings is 2. The maximum absolute atomic E-state index is 13.0. The molecule has 0 heterocycles. The standard InChI is InChI=1S/C18H19ClFNOS/c1-11-4-5-12(2)17(8-11)21-18(22)13(3)23-10-14-6-7-15(20)9-16(14)19/h4-9,13H,10H2,1-3H3,(H,21,22)/t13-/m0/s1. The molecular formula is C18H19ClFNOS. The van der Waals surface area contributed by atoms with E-state index in [9.17, 15) is 9.18 Å². The molecule has 2 aromatic carbocycles. The van der Waals surface area contributed by atoms with Gasteiger partial charge < -0.3 is 5.32 Å². The first-order chi connectivity index (χ1) is 10.9. The smallest absolute Gasteiger partial charge is 0.237 e. The molecule has 0 bridgehead atoms. The normalized spacial score (nSPS) is 12.0. The van der Waals surface area contributed by atoms with Gasteiger partial charge in [-0.05, 0) is 55.7 Å². The maximum Gasteiger partial charge on any atom is 0.237 e. The summed E-state index contributed by atoms with van der Waals surface area (Å²) in [5.41, 5.74) is 3.79. The first-order valence-electron chi connectivity index (χ1n) is 7.30. The summed E-state index contributed by atoms with van der Waals surface area (Å²) < 4.78 is 13.0. The van der Waals surface area contributed by atoms with E-state index < -0.39 is 0 Å². The Balaban J connectivity index is 1.96. The van der Waals surface area contributed by atoms with Crippen molar-refractivity contribution < 1.29 is 9.18 Å². The highest BCUT2D eigenvalue weighted by Gasteiger charge is 2.15. The third-order valence-corrected chi connectivity index (χ3v) is 5.07. The monoisotopic (exact) mass is 351 g/mol. The summed E-state index contributed by atoms with van der Waals surface area (Å²) in [5, 5.41) is 3.11. The van der Waals surface area contributed by atoms with Gasteiger partial charge in [0.2, 0.25) is 5.91 Å². The maximum atomic E-state index is 13.0. The lowest BCUT2D eigenvalue weighted by atomic mass is 10.1. The quantitative estimate of drug-likeness (QED) is 0.786. The van der Waals surface area contributed by atoms with Crippen LogP contribution in [0.1, 0.15) is 23.6 Å². The molecule has 0 aliphatic heterocycles. The van der Waals surface area contributed by atoms with E-state index in [-0.39, 0.29) is 17.0 Å². The zero-order chi connectivity index (χ0) is 17.0. The Hall–Kier alpha value is -1.52. The minimum atomic E-state index is -0.357. The number of hydrogen-bond donors (Lipinski definition) is 1. The third kappa shape index (κ3) is 4.98. The number of carbonyl (C=O) groups excluding carboxylic acids is 1. The van der Waals surface area contributed by atoms with Gasteiger partial charge in [-0.25, -0.2) is 4.39 Å². The average molecular weight is 352 g/mol. The molecule has 2 nitrogen and oxygen atoms in total. The van der Waals surface area contributed by atoms with E-state index in [0.29, 0.717) is 10.8 Å². The molecule has 0 saturated heterocycles. The SMILES string of the molecule is Cc1ccc(C)c(NC(=O)[C@H](C)SCc2ccc(F)cc2Cl)c1. The van der Waals surface area contributed by atoms with Crippen molar-refractivity contribution in [1.29, 1.82) is 0 Å². The van der Waals surface area contributed by atoms with Gasteiger partial charge in [0.15, 0.2) is 0 Å². The summed E-state index contributed by atoms with van der Waals surface area (Å²) in [6.45, 7) is 5.80. The number of nitrogens with one attached hydrogen (secondary N) is 1. The summed E-state index contributed by atoms with van der Waals surface area (Å²) in [4.78, 5) is 12.3. The number of anilines is 1. The zero-order valence-electron chi connectivity index (χ0n) is 13.3. The van der Waals surface area contributed by atoms with Crippen LogP contribution in [0.5, 0.6) is 0 Å². The summed E-state index contributed by atoms with van der Waals surface area (Å²) >= 11 is 7.47. The van der Waals surface area contributed by atoms with Gasteiger partial charge in [-0.1, -0.05) is 29.8 Å². The molecule has 0 fully saturated rings. The number of amides is 1. The highest BCUT2D eigenvalue weighted by molar-refractivity contribution is 7.99. The topological polar surface area (TPSA) is 29.1 Å². The molecule has 2 aromatic rings. The fourth-order valence-corrected chi connectivity index (χ4v) is 3.24. The van der Waals surface area contributed by atoms with Crippen molar-refractivity contribution in [1.82, 2.24) is 0 Å². The van der Waals surface area contributed by atoms with Crippen molar-refractivity contribution in [3.05, 3.63) is 63.9 Å². The van der Waals surface area contributed by atoms with Gasteiger partial charge >= 0.3 is 0 Å². The number of thioether (sulfide) groups is 1. The lowest BCUT2D eigenvalue weighted by Gasteiger charge is -2.14. The Bertz CT molecular complexity index is 720. The predicted octanol–water partition coefficient (Wildman–Crippen LogP) is 5.36. The summed E-state index contributed by atoms with van der Waals surface area (Å²) in [6, 6.07) is 10.3. The molecule has 5 heteroatoms. The third-order valence-electron chi connectivity index (χ3n) is 3.52. The predicted molar refractivity (Wildman–Crippen MR) is 96.7 cm³/mol. The van der Waals surface area contributed by atoms with Crippen LogP contribution in [0.15, 0.2) is 36.4 Å². The summed E-state index contributed by atoms with van der Waals surface area (Å²) in [5.74, 6) is 0.145. The van der Waals surface area contributed by atoms with Gasteiger partial charge in [0.1, 0.15) is 5.82 Å². The molecule has 23 heavy (non-hydrogen) atoms. The Kier molecular flexibility index (Phi) is 6.08. The first kappa shape index (κ1) is 17.8. The number of rotatable bonds is 5. The van der Waals surface area contributed by atoms with E-state index in [0.717, 1.165) is 22.4 Å². The van der Waals surface area contributed by atoms with Crippen LogP contribution in [-0.4, -0.2) is 11.2 Å². The van der Waals surface area contributed by atoms with Crippen LogP contribution in [0.25, 0.3) is 0 Å². The first-order valence-corrected chi connectivity index (χ1v) is 8.73. The zero-order valence-corrected chi connectivity index (χ0v) is 14.9. The summed E-state index contributed by atoms with van der Waals surface area (Å²) in [6.07, 6.45) is 0. The van der Waals surface area contributed by atoms with Gasteiger partial charge in [-0.15, -0.1) is 11.8 Å². The lowest BCUT2D eigenvalue weighted by molar-refractivity contribution is -0.115. The fraction of sp³-hybridized carbons (Fsp3) is 0.278. The van der Waals surface area contributed by atoms with Crippen molar-refractivity contribution >= 4 is 35.0 Å². The Labute approximate surface area is 145 Å². The number of hydrogen-bond acceptors (Lipinski definition) is 2. The second-order valence-corrected chi connectivity index (χ2v) is 7.23. The van der Waals surface area contributed by atoms with Gasteiger partial charge in [0.25, 0.3) is 0 Å². The van der Waals surface area contributed by atoms with Crippen molar-refractivity contribution in [3.8, 4) is 0 Å². The largest absolute Gasteiger partial charge is 0.325 e. The number of aryl methyl sites for hydroxylation is 2. The average Bonchev–Trinajstić information content (AvgIpc) is 2.49. The van der Waals surface area contributed by atoms with Crippen LogP contribution in [0, 0.1) is 19.7 Å². The van der Waals surface area contributed by atoms with Crippen molar-refractivity contribution in [2.45, 2.75) is 31.8 Å². The number of halogens is 2. The number of carbonyl (C=O) groups is 1. The van der Waals surface area contributed by atoms with Crippen molar-refractivity contribution in [2.24, 2.45) is 0 Å². The summed E-state index contributed by atoms with van der Waals surface area (Å²) in [7, 11) is 0. The Morgan fingerprint density at radius 1 is 1.26 bits per heavy atom. The molecule has 1 N–H and O–H groups in total. The van der Waals surface area contributed by atoms with E-state index in [2.05, 4.69) is 5.32 Å². The molecule has 0 spiro atoms. The van der Waals surface area contributed by atoms with Crippen LogP contribution in [0.2, 0.25) is 5.02 Å². The molecule has 1 amide bonds. The van der Waals surface area contributed by atoms with Crippen LogP contribution >= 0.6 is 23.4 Å². The van der Waals surface area contributed by atoms with Gasteiger partial charge in [0, 0.05) is 16.5 Å². The molecule has 0 unspecified atom stereocenters. The minimum Gasteiger partial charge on any atom is -0.325 e. The van der Waals surface area contributed by atoms with E-state index in [1.54, 1.807) is 6.07 Å². The van der Waals surface area contributed by atoms with E-state index in [1.807, 2.05) is 39.0 Å². The van der Waals surface area contributed by atoms with Crippen LogP contribution in [0.3, 0.4) is 0 Å². The van der Waals surface area contributed by atoms with Crippen LogP contribution < -0.4 is 5.32 Å². The Morgan fingerprint density at radius 3 is 2.70 bits per heavy atom. The van der Waals surface area contributed by atoms with Gasteiger partial charge in [-0.2, -0.15) is 0 Å². The molecular weight excluding hydrogens is 333 g/mol. The molecule has 122 valence electrons. The van der Waals surface area contributed by atoms with E-state index in [4.69, 9.17) is 11.6 Å². The second-order valence-electron chi connectivity index (χ2n) is 5.50. The highest BCUT2D eigenvalue weighted by Crippen LogP contribution is 2.25. The van der Waals surface area contributed by atoms with Crippen molar-refractivity contribution in [2.75, 3.05) is 5.32 Å². The Morgan fingerprint density at radius 2 is 2.00 bits per heavy atom. The molecule has 1 atom stereocenters. The van der Waals surface area contributed by atoms with E-state index in [1.165, 1.54) is 23.9 Å². The molecule has 0 saturated carbocycles. The molecule has 2 rings (SSSR count). The second kappa shape index (κ2) is 7.84. The lowest BCUT2D eigenvalue weighted by Crippen LogP contribution is -2.23. The van der Waals surface area contributed by atoms with Crippen molar-refractivity contribution in [3.63, 3.8) is 0 Å². The molecule has 0 aliphatic carbocycles. The minimum absolute atomic E-state index is 0.0538.